The monoisotopic (exact) mass is 333 g/mol. The van der Waals surface area contributed by atoms with Gasteiger partial charge in [0.25, 0.3) is 5.91 Å². The van der Waals surface area contributed by atoms with Crippen molar-refractivity contribution in [1.82, 2.24) is 4.90 Å². The van der Waals surface area contributed by atoms with Gasteiger partial charge in [-0.05, 0) is 35.9 Å². The van der Waals surface area contributed by atoms with Crippen LogP contribution in [-0.4, -0.2) is 24.5 Å². The fraction of sp³-hybridized carbons (Fsp3) is 0.190. The molecule has 25 heavy (non-hydrogen) atoms. The Morgan fingerprint density at radius 2 is 1.84 bits per heavy atom. The molecule has 4 rings (SSSR count). The van der Waals surface area contributed by atoms with Gasteiger partial charge in [0, 0.05) is 25.1 Å². The zero-order valence-corrected chi connectivity index (χ0v) is 14.1. The Bertz CT molecular complexity index is 881. The second-order valence-corrected chi connectivity index (χ2v) is 6.14. The van der Waals surface area contributed by atoms with Gasteiger partial charge >= 0.3 is 0 Å². The van der Waals surface area contributed by atoms with E-state index in [-0.39, 0.29) is 5.91 Å². The third-order valence-electron chi connectivity index (χ3n) is 4.53. The molecule has 0 fully saturated rings. The van der Waals surface area contributed by atoms with Crippen molar-refractivity contribution in [2.24, 2.45) is 0 Å². The minimum atomic E-state index is 0.0358. The van der Waals surface area contributed by atoms with Crippen LogP contribution in [0, 0.1) is 0 Å². The number of amides is 1. The summed E-state index contributed by atoms with van der Waals surface area (Å²) in [5, 5.41) is 0. The molecule has 1 aromatic heterocycles. The molecule has 0 aliphatic carbocycles. The molecule has 0 N–H and O–H groups in total. The summed E-state index contributed by atoms with van der Waals surface area (Å²) in [6.07, 6.45) is 0.740. The van der Waals surface area contributed by atoms with Gasteiger partial charge < -0.3 is 14.1 Å². The molecule has 4 nitrogen and oxygen atoms in total. The lowest BCUT2D eigenvalue weighted by Gasteiger charge is -2.26. The van der Waals surface area contributed by atoms with Crippen molar-refractivity contribution < 1.29 is 13.9 Å². The van der Waals surface area contributed by atoms with E-state index < -0.39 is 0 Å². The molecule has 4 heteroatoms. The van der Waals surface area contributed by atoms with Crippen LogP contribution in [0.4, 0.5) is 0 Å². The highest BCUT2D eigenvalue weighted by Crippen LogP contribution is 2.31. The first-order valence-electron chi connectivity index (χ1n) is 8.35. The third kappa shape index (κ3) is 3.03. The maximum absolute atomic E-state index is 12.8. The van der Waals surface area contributed by atoms with E-state index in [1.165, 1.54) is 0 Å². The topological polar surface area (TPSA) is 42.7 Å². The summed E-state index contributed by atoms with van der Waals surface area (Å²) in [4.78, 5) is 14.7. The number of methoxy groups -OCH3 is 1. The Kier molecular flexibility index (Phi) is 4.02. The molecule has 0 unspecified atom stereocenters. The molecule has 0 saturated heterocycles. The number of benzene rings is 2. The molecular weight excluding hydrogens is 314 g/mol. The van der Waals surface area contributed by atoms with Crippen molar-refractivity contribution >= 4 is 5.91 Å². The largest absolute Gasteiger partial charge is 0.497 e. The second-order valence-electron chi connectivity index (χ2n) is 6.14. The fourth-order valence-corrected chi connectivity index (χ4v) is 3.16. The van der Waals surface area contributed by atoms with Crippen molar-refractivity contribution in [3.63, 3.8) is 0 Å². The summed E-state index contributed by atoms with van der Waals surface area (Å²) in [7, 11) is 1.64. The normalized spacial score (nSPS) is 13.6. The molecular formula is C21H19NO3. The predicted molar refractivity (Wildman–Crippen MR) is 95.6 cm³/mol. The Balaban J connectivity index is 1.58. The van der Waals surface area contributed by atoms with E-state index in [0.29, 0.717) is 18.7 Å². The number of fused-ring (bicyclic) bond motifs is 1. The number of carbonyl (C=O) groups is 1. The minimum absolute atomic E-state index is 0.0358. The molecule has 126 valence electrons. The van der Waals surface area contributed by atoms with Gasteiger partial charge in [-0.25, -0.2) is 0 Å². The molecule has 0 radical (unpaired) electrons. The van der Waals surface area contributed by atoms with Gasteiger partial charge in [-0.1, -0.05) is 30.3 Å². The van der Waals surface area contributed by atoms with Gasteiger partial charge in [-0.2, -0.15) is 0 Å². The molecule has 3 aromatic rings. The molecule has 2 heterocycles. The van der Waals surface area contributed by atoms with Crippen LogP contribution in [0.5, 0.6) is 5.75 Å². The van der Waals surface area contributed by atoms with Crippen molar-refractivity contribution in [2.45, 2.75) is 13.0 Å². The summed E-state index contributed by atoms with van der Waals surface area (Å²) in [5.74, 6) is 2.33. The second kappa shape index (κ2) is 6.48. The molecule has 0 spiro atoms. The lowest BCUT2D eigenvalue weighted by atomic mass is 10.1. The van der Waals surface area contributed by atoms with Crippen LogP contribution in [0.15, 0.2) is 65.1 Å². The smallest absolute Gasteiger partial charge is 0.257 e. The van der Waals surface area contributed by atoms with Crippen molar-refractivity contribution in [2.75, 3.05) is 13.7 Å². The highest BCUT2D eigenvalue weighted by molar-refractivity contribution is 5.97. The number of hydrogen-bond donors (Lipinski definition) is 0. The number of ether oxygens (including phenoxy) is 1. The zero-order chi connectivity index (χ0) is 17.2. The van der Waals surface area contributed by atoms with E-state index in [1.54, 1.807) is 7.11 Å². The van der Waals surface area contributed by atoms with E-state index in [1.807, 2.05) is 65.6 Å². The number of furan rings is 1. The predicted octanol–water partition coefficient (Wildman–Crippen LogP) is 4.15. The van der Waals surface area contributed by atoms with E-state index in [2.05, 4.69) is 0 Å². The molecule has 1 aliphatic rings. The van der Waals surface area contributed by atoms with E-state index in [9.17, 15) is 4.79 Å². The van der Waals surface area contributed by atoms with Gasteiger partial charge in [0.2, 0.25) is 0 Å². The average Bonchev–Trinajstić information content (AvgIpc) is 3.10. The first-order chi connectivity index (χ1) is 12.2. The maximum Gasteiger partial charge on any atom is 0.257 e. The van der Waals surface area contributed by atoms with Crippen molar-refractivity contribution in [3.05, 3.63) is 77.6 Å². The molecule has 0 atom stereocenters. The number of nitrogens with zero attached hydrogens (tertiary/aromatic N) is 1. The van der Waals surface area contributed by atoms with Crippen LogP contribution in [0.25, 0.3) is 11.3 Å². The zero-order valence-electron chi connectivity index (χ0n) is 14.1. The van der Waals surface area contributed by atoms with Crippen LogP contribution in [-0.2, 0) is 13.0 Å². The Morgan fingerprint density at radius 3 is 2.56 bits per heavy atom. The summed E-state index contributed by atoms with van der Waals surface area (Å²) in [6, 6.07) is 19.6. The standard InChI is InChI=1S/C21H19NO3/c1-24-17-9-7-16(8-10-17)20-13-18-19(25-20)11-12-22(21(18)23)14-15-5-3-2-4-6-15/h2-10,13H,11-12,14H2,1H3. The van der Waals surface area contributed by atoms with Crippen molar-refractivity contribution in [1.29, 1.82) is 0 Å². The van der Waals surface area contributed by atoms with Gasteiger partial charge in [0.05, 0.1) is 12.7 Å². The van der Waals surface area contributed by atoms with Crippen LogP contribution in [0.1, 0.15) is 21.7 Å². The molecule has 1 aliphatic heterocycles. The number of hydrogen-bond acceptors (Lipinski definition) is 3. The molecule has 0 bridgehead atoms. The molecule has 2 aromatic carbocycles. The first kappa shape index (κ1) is 15.5. The van der Waals surface area contributed by atoms with Gasteiger partial charge in [0.15, 0.2) is 0 Å². The Hall–Kier alpha value is -3.01. The average molecular weight is 333 g/mol. The quantitative estimate of drug-likeness (QED) is 0.720. The molecule has 1 amide bonds. The van der Waals surface area contributed by atoms with Crippen molar-refractivity contribution in [3.8, 4) is 17.1 Å². The van der Waals surface area contributed by atoms with Gasteiger partial charge in [0.1, 0.15) is 17.3 Å². The number of carbonyl (C=O) groups excluding carboxylic acids is 1. The highest BCUT2D eigenvalue weighted by atomic mass is 16.5. The highest BCUT2D eigenvalue weighted by Gasteiger charge is 2.28. The third-order valence-corrected chi connectivity index (χ3v) is 4.53. The lowest BCUT2D eigenvalue weighted by Crippen LogP contribution is -2.36. The molecule has 0 saturated carbocycles. The maximum atomic E-state index is 12.8. The first-order valence-corrected chi connectivity index (χ1v) is 8.35. The fourth-order valence-electron chi connectivity index (χ4n) is 3.16. The number of rotatable bonds is 4. The van der Waals surface area contributed by atoms with Crippen LogP contribution < -0.4 is 4.74 Å². The van der Waals surface area contributed by atoms with Crippen LogP contribution in [0.3, 0.4) is 0 Å². The van der Waals surface area contributed by atoms with E-state index in [4.69, 9.17) is 9.15 Å². The Morgan fingerprint density at radius 1 is 1.08 bits per heavy atom. The summed E-state index contributed by atoms with van der Waals surface area (Å²) >= 11 is 0. The SMILES string of the molecule is COc1ccc(-c2cc3c(o2)CCN(Cc2ccccc2)C3=O)cc1. The van der Waals surface area contributed by atoms with Crippen LogP contribution in [0.2, 0.25) is 0 Å². The van der Waals surface area contributed by atoms with Gasteiger partial charge in [-0.3, -0.25) is 4.79 Å². The summed E-state index contributed by atoms with van der Waals surface area (Å²) < 4.78 is 11.1. The summed E-state index contributed by atoms with van der Waals surface area (Å²) in [5.41, 5.74) is 2.75. The summed E-state index contributed by atoms with van der Waals surface area (Å²) in [6.45, 7) is 1.30. The van der Waals surface area contributed by atoms with Crippen LogP contribution >= 0.6 is 0 Å². The van der Waals surface area contributed by atoms with Gasteiger partial charge in [-0.15, -0.1) is 0 Å². The van der Waals surface area contributed by atoms with E-state index in [0.717, 1.165) is 34.8 Å². The van der Waals surface area contributed by atoms with E-state index >= 15 is 0 Å². The minimum Gasteiger partial charge on any atom is -0.497 e. The lowest BCUT2D eigenvalue weighted by molar-refractivity contribution is 0.0720. The Labute approximate surface area is 146 Å².